The highest BCUT2D eigenvalue weighted by molar-refractivity contribution is 6.01. The number of benzene rings is 2. The third-order valence-corrected chi connectivity index (χ3v) is 4.35. The van der Waals surface area contributed by atoms with E-state index in [0.717, 1.165) is 24.0 Å². The second kappa shape index (κ2) is 10.3. The Bertz CT molecular complexity index is 832. The molecule has 2 rings (SSSR count). The van der Waals surface area contributed by atoms with Crippen LogP contribution in [0, 0.1) is 6.92 Å². The zero-order valence-electron chi connectivity index (χ0n) is 16.8. The van der Waals surface area contributed by atoms with Gasteiger partial charge in [-0.15, -0.1) is 0 Å². The number of amides is 1. The number of ether oxygens (including phenoxy) is 3. The Labute approximate surface area is 165 Å². The first-order chi connectivity index (χ1) is 13.5. The highest BCUT2D eigenvalue weighted by Gasteiger charge is 2.16. The van der Waals surface area contributed by atoms with Crippen LogP contribution in [0.1, 0.15) is 41.3 Å². The summed E-state index contributed by atoms with van der Waals surface area (Å²) in [6, 6.07) is 10.5. The second-order valence-corrected chi connectivity index (χ2v) is 6.39. The monoisotopic (exact) mass is 385 g/mol. The number of carbonyl (C=O) groups is 2. The van der Waals surface area contributed by atoms with Crippen LogP contribution < -0.4 is 14.8 Å². The Kier molecular flexibility index (Phi) is 7.87. The number of rotatable bonds is 9. The fraction of sp³-hybridized carbons (Fsp3) is 0.364. The molecule has 0 unspecified atom stereocenters. The van der Waals surface area contributed by atoms with E-state index >= 15 is 0 Å². The molecule has 150 valence electrons. The molecule has 0 saturated heterocycles. The lowest BCUT2D eigenvalue weighted by atomic mass is 10.0. The van der Waals surface area contributed by atoms with Crippen LogP contribution in [0.25, 0.3) is 0 Å². The van der Waals surface area contributed by atoms with Gasteiger partial charge in [-0.2, -0.15) is 0 Å². The van der Waals surface area contributed by atoms with Crippen molar-refractivity contribution in [2.75, 3.05) is 26.1 Å². The maximum Gasteiger partial charge on any atom is 0.340 e. The number of aryl methyl sites for hydroxylation is 1. The maximum absolute atomic E-state index is 12.6. The summed E-state index contributed by atoms with van der Waals surface area (Å²) in [6.45, 7) is 4.30. The van der Waals surface area contributed by atoms with Crippen LogP contribution in [0.2, 0.25) is 0 Å². The van der Waals surface area contributed by atoms with Crippen LogP contribution in [-0.2, 0) is 16.0 Å². The Hall–Kier alpha value is -3.02. The second-order valence-electron chi connectivity index (χ2n) is 6.39. The fourth-order valence-electron chi connectivity index (χ4n) is 2.74. The van der Waals surface area contributed by atoms with Crippen molar-refractivity contribution in [1.82, 2.24) is 0 Å². The highest BCUT2D eigenvalue weighted by Crippen LogP contribution is 2.30. The molecule has 0 aliphatic rings. The average Bonchev–Trinajstić information content (AvgIpc) is 2.69. The molecule has 0 atom stereocenters. The average molecular weight is 385 g/mol. The van der Waals surface area contributed by atoms with Crippen LogP contribution in [0.5, 0.6) is 11.5 Å². The van der Waals surface area contributed by atoms with Gasteiger partial charge in [0.25, 0.3) is 0 Å². The molecule has 2 aromatic rings. The minimum Gasteiger partial charge on any atom is -0.493 e. The van der Waals surface area contributed by atoms with Crippen molar-refractivity contribution in [3.05, 3.63) is 53.1 Å². The van der Waals surface area contributed by atoms with E-state index in [9.17, 15) is 9.59 Å². The normalized spacial score (nSPS) is 10.3. The minimum atomic E-state index is -0.438. The van der Waals surface area contributed by atoms with E-state index < -0.39 is 5.97 Å². The van der Waals surface area contributed by atoms with Crippen molar-refractivity contribution >= 4 is 17.6 Å². The van der Waals surface area contributed by atoms with E-state index in [1.54, 1.807) is 44.6 Å². The molecule has 1 amide bonds. The zero-order chi connectivity index (χ0) is 20.5. The molecule has 0 fully saturated rings. The van der Waals surface area contributed by atoms with Gasteiger partial charge in [-0.25, -0.2) is 4.79 Å². The summed E-state index contributed by atoms with van der Waals surface area (Å²) >= 11 is 0. The lowest BCUT2D eigenvalue weighted by molar-refractivity contribution is -0.115. The topological polar surface area (TPSA) is 73.9 Å². The SMILES string of the molecule is CCCCOC(=O)c1ccccc1NC(=O)Cc1cc(OC)c(OC)cc1C. The third-order valence-electron chi connectivity index (χ3n) is 4.35. The van der Waals surface area contributed by atoms with Crippen molar-refractivity contribution in [2.45, 2.75) is 33.1 Å². The number of anilines is 1. The summed E-state index contributed by atoms with van der Waals surface area (Å²) in [5.74, 6) is 0.510. The summed E-state index contributed by atoms with van der Waals surface area (Å²) in [6.07, 6.45) is 1.89. The molecular formula is C22H27NO5. The highest BCUT2D eigenvalue weighted by atomic mass is 16.5. The Morgan fingerprint density at radius 3 is 2.39 bits per heavy atom. The summed E-state index contributed by atoms with van der Waals surface area (Å²) < 4.78 is 15.9. The van der Waals surface area contributed by atoms with Crippen LogP contribution in [0.15, 0.2) is 36.4 Å². The molecule has 0 bridgehead atoms. The number of hydrogen-bond donors (Lipinski definition) is 1. The van der Waals surface area contributed by atoms with Crippen molar-refractivity contribution < 1.29 is 23.8 Å². The van der Waals surface area contributed by atoms with Crippen molar-refractivity contribution in [2.24, 2.45) is 0 Å². The molecule has 0 saturated carbocycles. The lowest BCUT2D eigenvalue weighted by Crippen LogP contribution is -2.18. The van der Waals surface area contributed by atoms with Crippen LogP contribution in [0.4, 0.5) is 5.69 Å². The predicted octanol–water partition coefficient (Wildman–Crippen LogP) is 4.15. The summed E-state index contributed by atoms with van der Waals surface area (Å²) in [5.41, 5.74) is 2.52. The van der Waals surface area contributed by atoms with E-state index in [1.165, 1.54) is 0 Å². The van der Waals surface area contributed by atoms with Gasteiger partial charge in [0.05, 0.1) is 38.5 Å². The van der Waals surface area contributed by atoms with Crippen molar-refractivity contribution in [3.63, 3.8) is 0 Å². The lowest BCUT2D eigenvalue weighted by Gasteiger charge is -2.14. The fourth-order valence-corrected chi connectivity index (χ4v) is 2.74. The van der Waals surface area contributed by atoms with Gasteiger partial charge in [-0.05, 0) is 48.7 Å². The van der Waals surface area contributed by atoms with Gasteiger partial charge in [-0.3, -0.25) is 4.79 Å². The van der Waals surface area contributed by atoms with Crippen molar-refractivity contribution in [1.29, 1.82) is 0 Å². The molecule has 28 heavy (non-hydrogen) atoms. The first-order valence-electron chi connectivity index (χ1n) is 9.27. The molecule has 1 N–H and O–H groups in total. The Balaban J connectivity index is 2.13. The molecule has 2 aromatic carbocycles. The quantitative estimate of drug-likeness (QED) is 0.518. The largest absolute Gasteiger partial charge is 0.493 e. The number of unbranched alkanes of at least 4 members (excludes halogenated alkanes) is 1. The van der Waals surface area contributed by atoms with Gasteiger partial charge >= 0.3 is 5.97 Å². The molecule has 0 aromatic heterocycles. The number of para-hydroxylation sites is 1. The third kappa shape index (κ3) is 5.49. The molecule has 0 spiro atoms. The van der Waals surface area contributed by atoms with E-state index in [0.29, 0.717) is 29.4 Å². The molecule has 6 heteroatoms. The zero-order valence-corrected chi connectivity index (χ0v) is 16.8. The van der Waals surface area contributed by atoms with Gasteiger partial charge in [0.2, 0.25) is 5.91 Å². The van der Waals surface area contributed by atoms with E-state index in [1.807, 2.05) is 19.9 Å². The maximum atomic E-state index is 12.6. The number of nitrogens with one attached hydrogen (secondary N) is 1. The van der Waals surface area contributed by atoms with E-state index in [4.69, 9.17) is 14.2 Å². The number of esters is 1. The molecule has 0 heterocycles. The van der Waals surface area contributed by atoms with Crippen LogP contribution >= 0.6 is 0 Å². The number of carbonyl (C=O) groups excluding carboxylic acids is 2. The predicted molar refractivity (Wildman–Crippen MR) is 108 cm³/mol. The first-order valence-corrected chi connectivity index (χ1v) is 9.27. The molecule has 0 aliphatic carbocycles. The number of methoxy groups -OCH3 is 2. The van der Waals surface area contributed by atoms with Gasteiger partial charge in [-0.1, -0.05) is 25.5 Å². The molecule has 6 nitrogen and oxygen atoms in total. The smallest absolute Gasteiger partial charge is 0.340 e. The minimum absolute atomic E-state index is 0.144. The van der Waals surface area contributed by atoms with Gasteiger partial charge in [0.1, 0.15) is 0 Å². The van der Waals surface area contributed by atoms with Crippen LogP contribution in [0.3, 0.4) is 0 Å². The van der Waals surface area contributed by atoms with E-state index in [-0.39, 0.29) is 12.3 Å². The standard InChI is InChI=1S/C22H27NO5/c1-5-6-11-28-22(25)17-9-7-8-10-18(17)23-21(24)14-16-13-20(27-4)19(26-3)12-15(16)2/h7-10,12-13H,5-6,11,14H2,1-4H3,(H,23,24). The molecule has 0 aliphatic heterocycles. The molecule has 0 radical (unpaired) electrons. The summed E-state index contributed by atoms with van der Waals surface area (Å²) in [7, 11) is 3.12. The first kappa shape index (κ1) is 21.3. The van der Waals surface area contributed by atoms with E-state index in [2.05, 4.69) is 5.32 Å². The Morgan fingerprint density at radius 1 is 1.04 bits per heavy atom. The van der Waals surface area contributed by atoms with Crippen LogP contribution in [-0.4, -0.2) is 32.7 Å². The van der Waals surface area contributed by atoms with Gasteiger partial charge in [0.15, 0.2) is 11.5 Å². The van der Waals surface area contributed by atoms with Gasteiger partial charge in [0, 0.05) is 0 Å². The van der Waals surface area contributed by atoms with Gasteiger partial charge < -0.3 is 19.5 Å². The van der Waals surface area contributed by atoms with Crippen molar-refractivity contribution in [3.8, 4) is 11.5 Å². The number of hydrogen-bond acceptors (Lipinski definition) is 5. The summed E-state index contributed by atoms with van der Waals surface area (Å²) in [4.78, 5) is 24.9. The molecular weight excluding hydrogens is 358 g/mol. The summed E-state index contributed by atoms with van der Waals surface area (Å²) in [5, 5.41) is 2.81. The Morgan fingerprint density at radius 2 is 1.71 bits per heavy atom.